The number of benzene rings is 1. The van der Waals surface area contributed by atoms with Crippen LogP contribution in [0.3, 0.4) is 0 Å². The Balaban J connectivity index is 1.52. The summed E-state index contributed by atoms with van der Waals surface area (Å²) in [6.45, 7) is 4.01. The molecule has 2 heterocycles. The number of rotatable bonds is 10. The van der Waals surface area contributed by atoms with Crippen LogP contribution in [-0.4, -0.2) is 53.0 Å². The molecule has 0 unspecified atom stereocenters. The van der Waals surface area contributed by atoms with E-state index in [0.717, 1.165) is 48.8 Å². The first-order valence-corrected chi connectivity index (χ1v) is 11.0. The minimum absolute atomic E-state index is 0.141. The Morgan fingerprint density at radius 3 is 2.77 bits per heavy atom. The van der Waals surface area contributed by atoms with E-state index in [4.69, 9.17) is 30.2 Å². The standard InChI is InChI=1S/C23H32ClN3O4/c1-25-22(26-10-4-11-30-16-19-5-3-12-31-19)27-17-23(8-13-29-14-9-23)20-15-18(24)6-7-21(20)28-2/h3,5-7,12,15H,4,8-11,13-14,16-17H2,1-2H3,(H2,25,26,27). The van der Waals surface area contributed by atoms with Crippen LogP contribution in [0.25, 0.3) is 0 Å². The fourth-order valence-electron chi connectivity index (χ4n) is 3.82. The fourth-order valence-corrected chi connectivity index (χ4v) is 3.99. The summed E-state index contributed by atoms with van der Waals surface area (Å²) in [5.74, 6) is 2.45. The van der Waals surface area contributed by atoms with Gasteiger partial charge in [-0.05, 0) is 49.6 Å². The van der Waals surface area contributed by atoms with Crippen LogP contribution >= 0.6 is 11.6 Å². The van der Waals surface area contributed by atoms with Crippen LogP contribution in [0, 0.1) is 0 Å². The van der Waals surface area contributed by atoms with E-state index in [1.807, 2.05) is 30.3 Å². The maximum atomic E-state index is 6.33. The molecule has 170 valence electrons. The summed E-state index contributed by atoms with van der Waals surface area (Å²) in [6, 6.07) is 9.58. The average molecular weight is 450 g/mol. The Hall–Kier alpha value is -2.22. The molecule has 1 aliphatic rings. The van der Waals surface area contributed by atoms with Crippen LogP contribution in [0.2, 0.25) is 5.02 Å². The highest BCUT2D eigenvalue weighted by Crippen LogP contribution is 2.40. The van der Waals surface area contributed by atoms with E-state index in [9.17, 15) is 0 Å². The van der Waals surface area contributed by atoms with Crippen LogP contribution in [0.4, 0.5) is 0 Å². The number of halogens is 1. The molecule has 3 rings (SSSR count). The number of guanidine groups is 1. The summed E-state index contributed by atoms with van der Waals surface area (Å²) >= 11 is 6.33. The minimum Gasteiger partial charge on any atom is -0.496 e. The molecule has 1 fully saturated rings. The molecule has 1 saturated heterocycles. The van der Waals surface area contributed by atoms with Gasteiger partial charge in [-0.3, -0.25) is 4.99 Å². The smallest absolute Gasteiger partial charge is 0.191 e. The van der Waals surface area contributed by atoms with Crippen molar-refractivity contribution in [2.45, 2.75) is 31.3 Å². The lowest BCUT2D eigenvalue weighted by molar-refractivity contribution is 0.0505. The molecule has 0 aliphatic carbocycles. The molecule has 1 aromatic heterocycles. The van der Waals surface area contributed by atoms with E-state index in [0.29, 0.717) is 38.0 Å². The third kappa shape index (κ3) is 6.63. The molecule has 0 spiro atoms. The molecule has 0 saturated carbocycles. The van der Waals surface area contributed by atoms with Crippen LogP contribution in [-0.2, 0) is 21.5 Å². The van der Waals surface area contributed by atoms with Crippen LogP contribution < -0.4 is 15.4 Å². The summed E-state index contributed by atoms with van der Waals surface area (Å²) in [4.78, 5) is 4.37. The van der Waals surface area contributed by atoms with E-state index in [-0.39, 0.29) is 5.41 Å². The van der Waals surface area contributed by atoms with Crippen molar-refractivity contribution in [2.24, 2.45) is 4.99 Å². The second-order valence-corrected chi connectivity index (χ2v) is 8.01. The number of furan rings is 1. The summed E-state index contributed by atoms with van der Waals surface area (Å²) in [6.07, 6.45) is 4.28. The molecule has 0 atom stereocenters. The zero-order valence-corrected chi connectivity index (χ0v) is 19.0. The molecule has 0 radical (unpaired) electrons. The molecule has 7 nitrogen and oxygen atoms in total. The van der Waals surface area contributed by atoms with Crippen LogP contribution in [0.15, 0.2) is 46.0 Å². The molecule has 0 bridgehead atoms. The minimum atomic E-state index is -0.141. The van der Waals surface area contributed by atoms with Crippen molar-refractivity contribution in [3.8, 4) is 5.75 Å². The Morgan fingerprint density at radius 1 is 1.23 bits per heavy atom. The first kappa shape index (κ1) is 23.4. The Morgan fingerprint density at radius 2 is 2.06 bits per heavy atom. The van der Waals surface area contributed by atoms with Gasteiger partial charge >= 0.3 is 0 Å². The topological polar surface area (TPSA) is 77.3 Å². The van der Waals surface area contributed by atoms with E-state index in [1.165, 1.54) is 0 Å². The summed E-state index contributed by atoms with van der Waals surface area (Å²) in [7, 11) is 3.47. The molecule has 1 aromatic carbocycles. The largest absolute Gasteiger partial charge is 0.496 e. The van der Waals surface area contributed by atoms with Gasteiger partial charge in [-0.1, -0.05) is 11.6 Å². The third-order valence-electron chi connectivity index (χ3n) is 5.58. The zero-order chi connectivity index (χ0) is 21.9. The average Bonchev–Trinajstić information content (AvgIpc) is 3.32. The monoisotopic (exact) mass is 449 g/mol. The first-order valence-electron chi connectivity index (χ1n) is 10.6. The van der Waals surface area contributed by atoms with E-state index < -0.39 is 0 Å². The van der Waals surface area contributed by atoms with Gasteiger partial charge < -0.3 is 29.3 Å². The maximum absolute atomic E-state index is 6.33. The second-order valence-electron chi connectivity index (χ2n) is 7.58. The predicted molar refractivity (Wildman–Crippen MR) is 122 cm³/mol. The highest BCUT2D eigenvalue weighted by atomic mass is 35.5. The summed E-state index contributed by atoms with van der Waals surface area (Å²) in [5, 5.41) is 7.56. The quantitative estimate of drug-likeness (QED) is 0.326. The zero-order valence-electron chi connectivity index (χ0n) is 18.3. The molecule has 31 heavy (non-hydrogen) atoms. The van der Waals surface area contributed by atoms with Crippen molar-refractivity contribution in [3.63, 3.8) is 0 Å². The van der Waals surface area contributed by atoms with E-state index >= 15 is 0 Å². The summed E-state index contributed by atoms with van der Waals surface area (Å²) in [5.41, 5.74) is 0.971. The van der Waals surface area contributed by atoms with Gasteiger partial charge in [0.25, 0.3) is 0 Å². The molecular weight excluding hydrogens is 418 g/mol. The highest BCUT2D eigenvalue weighted by Gasteiger charge is 2.37. The van der Waals surface area contributed by atoms with Gasteiger partial charge in [0.1, 0.15) is 18.1 Å². The lowest BCUT2D eigenvalue weighted by Crippen LogP contribution is -2.48. The number of nitrogens with zero attached hydrogens (tertiary/aromatic N) is 1. The molecule has 2 N–H and O–H groups in total. The van der Waals surface area contributed by atoms with Crippen molar-refractivity contribution in [1.82, 2.24) is 10.6 Å². The Kier molecular flexibility index (Phi) is 9.06. The van der Waals surface area contributed by atoms with Crippen molar-refractivity contribution < 1.29 is 18.6 Å². The Bertz CT molecular complexity index is 820. The number of hydrogen-bond acceptors (Lipinski definition) is 5. The lowest BCUT2D eigenvalue weighted by atomic mass is 9.73. The van der Waals surface area contributed by atoms with Crippen molar-refractivity contribution in [3.05, 3.63) is 52.9 Å². The number of aliphatic imine (C=N–C) groups is 1. The highest BCUT2D eigenvalue weighted by molar-refractivity contribution is 6.30. The van der Waals surface area contributed by atoms with Crippen molar-refractivity contribution in [2.75, 3.05) is 47.1 Å². The molecular formula is C23H32ClN3O4. The van der Waals surface area contributed by atoms with E-state index in [1.54, 1.807) is 20.4 Å². The van der Waals surface area contributed by atoms with Gasteiger partial charge in [-0.15, -0.1) is 0 Å². The molecule has 8 heteroatoms. The Labute approximate surface area is 189 Å². The number of hydrogen-bond donors (Lipinski definition) is 2. The van der Waals surface area contributed by atoms with Gasteiger partial charge in [0.2, 0.25) is 0 Å². The second kappa shape index (κ2) is 12.0. The fraction of sp³-hybridized carbons (Fsp3) is 0.522. The first-order chi connectivity index (χ1) is 15.2. The molecule has 0 amide bonds. The van der Waals surface area contributed by atoms with Crippen molar-refractivity contribution in [1.29, 1.82) is 0 Å². The third-order valence-corrected chi connectivity index (χ3v) is 5.82. The van der Waals surface area contributed by atoms with Crippen LogP contribution in [0.1, 0.15) is 30.6 Å². The van der Waals surface area contributed by atoms with Gasteiger partial charge in [0.15, 0.2) is 5.96 Å². The van der Waals surface area contributed by atoms with Crippen molar-refractivity contribution >= 4 is 17.6 Å². The number of nitrogens with one attached hydrogen (secondary N) is 2. The SMILES string of the molecule is CN=C(NCCCOCc1ccco1)NCC1(c2cc(Cl)ccc2OC)CCOCC1. The van der Waals surface area contributed by atoms with Gasteiger partial charge in [-0.25, -0.2) is 0 Å². The lowest BCUT2D eigenvalue weighted by Gasteiger charge is -2.39. The van der Waals surface area contributed by atoms with Gasteiger partial charge in [0, 0.05) is 56.0 Å². The van der Waals surface area contributed by atoms with E-state index in [2.05, 4.69) is 15.6 Å². The number of methoxy groups -OCH3 is 1. The van der Waals surface area contributed by atoms with Gasteiger partial charge in [-0.2, -0.15) is 0 Å². The van der Waals surface area contributed by atoms with Crippen LogP contribution in [0.5, 0.6) is 5.75 Å². The summed E-state index contributed by atoms with van der Waals surface area (Å²) < 4.78 is 22.2. The van der Waals surface area contributed by atoms with Gasteiger partial charge in [0.05, 0.1) is 13.4 Å². The maximum Gasteiger partial charge on any atom is 0.191 e. The molecule has 2 aromatic rings. The molecule has 1 aliphatic heterocycles. The normalized spacial score (nSPS) is 16.2. The number of ether oxygens (including phenoxy) is 3. The predicted octanol–water partition coefficient (Wildman–Crippen LogP) is 3.76.